The summed E-state index contributed by atoms with van der Waals surface area (Å²) in [6.45, 7) is 7.06. The number of carbonyl (C=O) groups excluding carboxylic acids is 1. The molecule has 0 saturated heterocycles. The van der Waals surface area contributed by atoms with Gasteiger partial charge in [0.2, 0.25) is 5.88 Å². The van der Waals surface area contributed by atoms with Crippen molar-refractivity contribution in [1.82, 2.24) is 9.55 Å². The summed E-state index contributed by atoms with van der Waals surface area (Å²) in [6.07, 6.45) is 3.51. The number of aromatic nitrogens is 2. The number of carbonyl (C=O) groups is 1. The van der Waals surface area contributed by atoms with Crippen molar-refractivity contribution < 1.29 is 14.6 Å². The van der Waals surface area contributed by atoms with Gasteiger partial charge in [-0.25, -0.2) is 4.98 Å². The van der Waals surface area contributed by atoms with E-state index in [1.807, 2.05) is 24.3 Å². The van der Waals surface area contributed by atoms with E-state index in [0.717, 1.165) is 16.8 Å². The van der Waals surface area contributed by atoms with E-state index in [9.17, 15) is 9.90 Å². The molecule has 130 valence electrons. The van der Waals surface area contributed by atoms with Gasteiger partial charge in [0.25, 0.3) is 0 Å². The molecule has 1 aliphatic rings. The Balaban J connectivity index is 1.87. The number of esters is 1. The van der Waals surface area contributed by atoms with Gasteiger partial charge in [0, 0.05) is 17.4 Å². The monoisotopic (exact) mass is 339 g/mol. The van der Waals surface area contributed by atoms with Gasteiger partial charge < -0.3 is 9.84 Å². The average Bonchev–Trinajstić information content (AvgIpc) is 3.03. The SMILES string of the molecule is Cc1nc(/C=C2/C=Nc3ccccc32)c(O)n1CC(=O)OC(C)(C)C. The molecule has 0 bridgehead atoms. The zero-order chi connectivity index (χ0) is 18.2. The number of nitrogens with zero attached hydrogens (tertiary/aromatic N) is 3. The molecule has 2 heterocycles. The Labute approximate surface area is 146 Å². The zero-order valence-corrected chi connectivity index (χ0v) is 14.8. The van der Waals surface area contributed by atoms with Gasteiger partial charge in [0.05, 0.1) is 5.69 Å². The van der Waals surface area contributed by atoms with Crippen molar-refractivity contribution in [3.05, 3.63) is 41.3 Å². The summed E-state index contributed by atoms with van der Waals surface area (Å²) in [5.41, 5.74) is 2.57. The van der Waals surface area contributed by atoms with Crippen LogP contribution in [-0.4, -0.2) is 32.4 Å². The van der Waals surface area contributed by atoms with E-state index < -0.39 is 11.6 Å². The molecule has 0 radical (unpaired) electrons. The number of fused-ring (bicyclic) bond motifs is 1. The number of allylic oxidation sites excluding steroid dienone is 1. The Hall–Kier alpha value is -2.89. The third-order valence-corrected chi connectivity index (χ3v) is 3.71. The molecule has 0 saturated carbocycles. The first-order chi connectivity index (χ1) is 11.7. The standard InChI is InChI=1S/C19H21N3O3/c1-12-21-16(9-13-10-20-15-8-6-5-7-14(13)15)18(24)22(12)11-17(23)25-19(2,3)4/h5-10,24H,11H2,1-4H3/b13-9-. The van der Waals surface area contributed by atoms with Crippen molar-refractivity contribution in [2.45, 2.75) is 39.8 Å². The molecule has 6 heteroatoms. The summed E-state index contributed by atoms with van der Waals surface area (Å²) in [7, 11) is 0. The zero-order valence-electron chi connectivity index (χ0n) is 14.8. The van der Waals surface area contributed by atoms with Crippen LogP contribution in [0, 0.1) is 6.92 Å². The van der Waals surface area contributed by atoms with Gasteiger partial charge >= 0.3 is 5.97 Å². The van der Waals surface area contributed by atoms with Crippen LogP contribution in [0.1, 0.15) is 37.9 Å². The first kappa shape index (κ1) is 17.0. The molecule has 6 nitrogen and oxygen atoms in total. The van der Waals surface area contributed by atoms with Gasteiger partial charge in [-0.2, -0.15) is 0 Å². The predicted molar refractivity (Wildman–Crippen MR) is 96.9 cm³/mol. The van der Waals surface area contributed by atoms with Gasteiger partial charge in [-0.1, -0.05) is 18.2 Å². The quantitative estimate of drug-likeness (QED) is 0.868. The fourth-order valence-corrected chi connectivity index (χ4v) is 2.67. The molecule has 0 aliphatic carbocycles. The number of aryl methyl sites for hydroxylation is 1. The summed E-state index contributed by atoms with van der Waals surface area (Å²) in [4.78, 5) is 20.7. The normalized spacial score (nSPS) is 14.8. The number of ether oxygens (including phenoxy) is 1. The highest BCUT2D eigenvalue weighted by atomic mass is 16.6. The number of aromatic hydroxyl groups is 1. The Bertz CT molecular complexity index is 886. The fourth-order valence-electron chi connectivity index (χ4n) is 2.67. The number of rotatable bonds is 3. The van der Waals surface area contributed by atoms with Crippen LogP contribution in [0.4, 0.5) is 5.69 Å². The summed E-state index contributed by atoms with van der Waals surface area (Å²) in [5.74, 6) is 0.0577. The molecule has 1 aromatic carbocycles. The molecule has 0 spiro atoms. The molecule has 1 aliphatic heterocycles. The molecule has 0 amide bonds. The summed E-state index contributed by atoms with van der Waals surface area (Å²) >= 11 is 0. The minimum absolute atomic E-state index is 0.0614. The second kappa shape index (κ2) is 6.20. The third kappa shape index (κ3) is 3.63. The van der Waals surface area contributed by atoms with E-state index in [1.54, 1.807) is 40.0 Å². The van der Waals surface area contributed by atoms with Gasteiger partial charge in [-0.05, 0) is 39.8 Å². The van der Waals surface area contributed by atoms with E-state index in [0.29, 0.717) is 11.5 Å². The molecule has 0 fully saturated rings. The van der Waals surface area contributed by atoms with E-state index in [-0.39, 0.29) is 12.4 Å². The maximum atomic E-state index is 12.0. The molecule has 1 N–H and O–H groups in total. The van der Waals surface area contributed by atoms with Crippen LogP contribution in [0.25, 0.3) is 11.6 Å². The van der Waals surface area contributed by atoms with Crippen molar-refractivity contribution in [2.75, 3.05) is 0 Å². The lowest BCUT2D eigenvalue weighted by Gasteiger charge is -2.19. The number of hydrogen-bond donors (Lipinski definition) is 1. The summed E-state index contributed by atoms with van der Waals surface area (Å²) < 4.78 is 6.75. The smallest absolute Gasteiger partial charge is 0.326 e. The van der Waals surface area contributed by atoms with Crippen molar-refractivity contribution >= 4 is 29.5 Å². The molecular weight excluding hydrogens is 318 g/mol. The summed E-state index contributed by atoms with van der Waals surface area (Å²) in [6, 6.07) is 7.76. The lowest BCUT2D eigenvalue weighted by molar-refractivity contribution is -0.155. The Morgan fingerprint density at radius 1 is 1.32 bits per heavy atom. The van der Waals surface area contributed by atoms with E-state index in [1.165, 1.54) is 4.57 Å². The molecule has 2 aromatic rings. The van der Waals surface area contributed by atoms with Crippen LogP contribution in [-0.2, 0) is 16.1 Å². The lowest BCUT2D eigenvalue weighted by Crippen LogP contribution is -2.26. The van der Waals surface area contributed by atoms with Crippen molar-refractivity contribution in [1.29, 1.82) is 0 Å². The first-order valence-electron chi connectivity index (χ1n) is 8.08. The number of benzene rings is 1. The van der Waals surface area contributed by atoms with Crippen LogP contribution in [0.5, 0.6) is 5.88 Å². The highest BCUT2D eigenvalue weighted by Gasteiger charge is 2.21. The van der Waals surface area contributed by atoms with Gasteiger partial charge in [-0.15, -0.1) is 0 Å². The minimum Gasteiger partial charge on any atom is -0.493 e. The fraction of sp³-hybridized carbons (Fsp3) is 0.316. The molecule has 0 unspecified atom stereocenters. The lowest BCUT2D eigenvalue weighted by atomic mass is 10.1. The second-order valence-electron chi connectivity index (χ2n) is 6.92. The maximum absolute atomic E-state index is 12.0. The van der Waals surface area contributed by atoms with E-state index >= 15 is 0 Å². The Morgan fingerprint density at radius 3 is 2.76 bits per heavy atom. The highest BCUT2D eigenvalue weighted by Crippen LogP contribution is 2.33. The molecular formula is C19H21N3O3. The third-order valence-electron chi connectivity index (χ3n) is 3.71. The molecule has 0 atom stereocenters. The van der Waals surface area contributed by atoms with E-state index in [2.05, 4.69) is 9.98 Å². The highest BCUT2D eigenvalue weighted by molar-refractivity contribution is 6.21. The molecule has 1 aromatic heterocycles. The van der Waals surface area contributed by atoms with Crippen molar-refractivity contribution in [2.24, 2.45) is 4.99 Å². The topological polar surface area (TPSA) is 76.7 Å². The van der Waals surface area contributed by atoms with Gasteiger partial charge in [0.15, 0.2) is 0 Å². The maximum Gasteiger partial charge on any atom is 0.326 e. The number of hydrogen-bond acceptors (Lipinski definition) is 5. The van der Waals surface area contributed by atoms with Gasteiger partial charge in [-0.3, -0.25) is 14.4 Å². The van der Waals surface area contributed by atoms with Gasteiger partial charge in [0.1, 0.15) is 23.7 Å². The largest absolute Gasteiger partial charge is 0.493 e. The summed E-state index contributed by atoms with van der Waals surface area (Å²) in [5, 5.41) is 10.5. The predicted octanol–water partition coefficient (Wildman–Crippen LogP) is 3.50. The minimum atomic E-state index is -0.573. The molecule has 3 rings (SSSR count). The van der Waals surface area contributed by atoms with E-state index in [4.69, 9.17) is 4.74 Å². The van der Waals surface area contributed by atoms with Crippen molar-refractivity contribution in [3.8, 4) is 5.88 Å². The van der Waals surface area contributed by atoms with Crippen LogP contribution in [0.2, 0.25) is 0 Å². The number of imidazole rings is 1. The van der Waals surface area contributed by atoms with Crippen molar-refractivity contribution in [3.63, 3.8) is 0 Å². The first-order valence-corrected chi connectivity index (χ1v) is 8.08. The van der Waals surface area contributed by atoms with Crippen LogP contribution >= 0.6 is 0 Å². The Morgan fingerprint density at radius 2 is 2.04 bits per heavy atom. The average molecular weight is 339 g/mol. The number of aliphatic imine (C=N–C) groups is 1. The Kier molecular flexibility index (Phi) is 4.20. The van der Waals surface area contributed by atoms with Crippen LogP contribution < -0.4 is 0 Å². The molecule has 25 heavy (non-hydrogen) atoms. The second-order valence-corrected chi connectivity index (χ2v) is 6.92. The van der Waals surface area contributed by atoms with Crippen LogP contribution in [0.15, 0.2) is 29.3 Å². The van der Waals surface area contributed by atoms with Crippen LogP contribution in [0.3, 0.4) is 0 Å². The number of para-hydroxylation sites is 1.